The molecule has 0 atom stereocenters. The van der Waals surface area contributed by atoms with Crippen molar-refractivity contribution in [3.8, 4) is 0 Å². The van der Waals surface area contributed by atoms with Gasteiger partial charge in [-0.3, -0.25) is 15.4 Å². The SMILES string of the molecule is NC(=O)c1ccc2c(c1)N(O)NN2. The Kier molecular flexibility index (Phi) is 1.57. The summed E-state index contributed by atoms with van der Waals surface area (Å²) in [6, 6.07) is 4.72. The van der Waals surface area contributed by atoms with Gasteiger partial charge in [-0.15, -0.1) is 5.53 Å². The molecule has 0 bridgehead atoms. The molecule has 6 nitrogen and oxygen atoms in total. The van der Waals surface area contributed by atoms with Gasteiger partial charge < -0.3 is 5.73 Å². The molecule has 0 saturated carbocycles. The van der Waals surface area contributed by atoms with Crippen molar-refractivity contribution in [1.29, 1.82) is 0 Å². The van der Waals surface area contributed by atoms with Gasteiger partial charge in [0.25, 0.3) is 0 Å². The summed E-state index contributed by atoms with van der Waals surface area (Å²) in [4.78, 5) is 10.8. The lowest BCUT2D eigenvalue weighted by atomic mass is 10.1. The van der Waals surface area contributed by atoms with Crippen LogP contribution in [-0.4, -0.2) is 11.1 Å². The minimum Gasteiger partial charge on any atom is -0.366 e. The van der Waals surface area contributed by atoms with E-state index in [1.807, 2.05) is 0 Å². The summed E-state index contributed by atoms with van der Waals surface area (Å²) in [6.07, 6.45) is 0. The van der Waals surface area contributed by atoms with Gasteiger partial charge in [0.1, 0.15) is 5.69 Å². The lowest BCUT2D eigenvalue weighted by molar-refractivity contribution is 0.100. The van der Waals surface area contributed by atoms with Crippen molar-refractivity contribution in [3.63, 3.8) is 0 Å². The van der Waals surface area contributed by atoms with Gasteiger partial charge in [-0.05, 0) is 18.2 Å². The van der Waals surface area contributed by atoms with Crippen molar-refractivity contribution in [2.24, 2.45) is 5.73 Å². The molecular weight excluding hydrogens is 172 g/mol. The Bertz CT molecular complexity index is 366. The molecule has 0 unspecified atom stereocenters. The molecule has 0 aliphatic carbocycles. The molecule has 6 heteroatoms. The summed E-state index contributed by atoms with van der Waals surface area (Å²) in [5.41, 5.74) is 11.7. The number of benzene rings is 1. The van der Waals surface area contributed by atoms with Gasteiger partial charge >= 0.3 is 0 Å². The van der Waals surface area contributed by atoms with Crippen molar-refractivity contribution in [1.82, 2.24) is 5.53 Å². The smallest absolute Gasteiger partial charge is 0.248 e. The van der Waals surface area contributed by atoms with Crippen LogP contribution in [0.1, 0.15) is 10.4 Å². The van der Waals surface area contributed by atoms with Gasteiger partial charge in [-0.25, -0.2) is 0 Å². The average Bonchev–Trinajstić information content (AvgIpc) is 2.47. The number of hydrazine groups is 2. The van der Waals surface area contributed by atoms with E-state index in [2.05, 4.69) is 11.0 Å². The van der Waals surface area contributed by atoms with Crippen LogP contribution in [0.5, 0.6) is 0 Å². The third-order valence-electron chi connectivity index (χ3n) is 1.81. The van der Waals surface area contributed by atoms with E-state index in [1.54, 1.807) is 12.1 Å². The topological polar surface area (TPSA) is 90.6 Å². The molecule has 1 heterocycles. The Morgan fingerprint density at radius 1 is 1.54 bits per heavy atom. The maximum Gasteiger partial charge on any atom is 0.248 e. The van der Waals surface area contributed by atoms with Crippen LogP contribution in [0.4, 0.5) is 11.4 Å². The summed E-state index contributed by atoms with van der Waals surface area (Å²) in [6.45, 7) is 0. The number of hydrogen-bond donors (Lipinski definition) is 4. The maximum atomic E-state index is 10.8. The second-order valence-corrected chi connectivity index (χ2v) is 2.64. The first-order chi connectivity index (χ1) is 6.18. The zero-order valence-electron chi connectivity index (χ0n) is 6.61. The van der Waals surface area contributed by atoms with Crippen LogP contribution in [0.3, 0.4) is 0 Å². The van der Waals surface area contributed by atoms with Crippen LogP contribution in [-0.2, 0) is 0 Å². The third-order valence-corrected chi connectivity index (χ3v) is 1.81. The van der Waals surface area contributed by atoms with Gasteiger partial charge in [0, 0.05) is 5.56 Å². The van der Waals surface area contributed by atoms with Crippen LogP contribution in [0, 0.1) is 0 Å². The predicted octanol–water partition coefficient (Wildman–Crippen LogP) is -0.174. The van der Waals surface area contributed by atoms with E-state index < -0.39 is 5.91 Å². The van der Waals surface area contributed by atoms with Gasteiger partial charge in [0.2, 0.25) is 5.91 Å². The highest BCUT2D eigenvalue weighted by molar-refractivity contribution is 5.95. The monoisotopic (exact) mass is 180 g/mol. The van der Waals surface area contributed by atoms with E-state index in [1.165, 1.54) is 6.07 Å². The van der Waals surface area contributed by atoms with E-state index in [4.69, 9.17) is 5.73 Å². The number of anilines is 2. The number of rotatable bonds is 1. The molecule has 0 radical (unpaired) electrons. The highest BCUT2D eigenvalue weighted by Gasteiger charge is 2.17. The van der Waals surface area contributed by atoms with Crippen molar-refractivity contribution >= 4 is 17.3 Å². The van der Waals surface area contributed by atoms with Crippen molar-refractivity contribution in [2.75, 3.05) is 10.6 Å². The molecule has 0 aromatic heterocycles. The standard InChI is InChI=1S/C7H8N4O2/c8-7(12)4-1-2-5-6(3-4)11(13)10-9-5/h1-3,9-10,13H,(H2,8,12). The fraction of sp³-hybridized carbons (Fsp3) is 0. The number of carbonyl (C=O) groups excluding carboxylic acids is 1. The van der Waals surface area contributed by atoms with E-state index in [0.29, 0.717) is 16.9 Å². The van der Waals surface area contributed by atoms with Crippen molar-refractivity contribution < 1.29 is 10.0 Å². The molecule has 1 amide bonds. The average molecular weight is 180 g/mol. The molecule has 1 aromatic rings. The molecule has 68 valence electrons. The number of amides is 1. The fourth-order valence-electron chi connectivity index (χ4n) is 1.14. The first-order valence-electron chi connectivity index (χ1n) is 3.63. The van der Waals surface area contributed by atoms with Crippen molar-refractivity contribution in [3.05, 3.63) is 23.8 Å². The predicted molar refractivity (Wildman–Crippen MR) is 46.0 cm³/mol. The Balaban J connectivity index is 2.47. The van der Waals surface area contributed by atoms with Gasteiger partial charge in [-0.2, -0.15) is 5.17 Å². The summed E-state index contributed by atoms with van der Waals surface area (Å²) >= 11 is 0. The third kappa shape index (κ3) is 1.17. The Morgan fingerprint density at radius 3 is 3.00 bits per heavy atom. The zero-order chi connectivity index (χ0) is 9.42. The molecule has 1 aliphatic heterocycles. The largest absolute Gasteiger partial charge is 0.366 e. The van der Waals surface area contributed by atoms with Gasteiger partial charge in [0.05, 0.1) is 5.69 Å². The molecular formula is C7H8N4O2. The van der Waals surface area contributed by atoms with E-state index >= 15 is 0 Å². The van der Waals surface area contributed by atoms with Crippen LogP contribution < -0.4 is 21.9 Å². The highest BCUT2D eigenvalue weighted by atomic mass is 16.6. The van der Waals surface area contributed by atoms with E-state index in [0.717, 1.165) is 5.17 Å². The molecule has 0 spiro atoms. The quantitative estimate of drug-likeness (QED) is 0.481. The summed E-state index contributed by atoms with van der Waals surface area (Å²) in [7, 11) is 0. The molecule has 13 heavy (non-hydrogen) atoms. The van der Waals surface area contributed by atoms with Crippen LogP contribution in [0.25, 0.3) is 0 Å². The summed E-state index contributed by atoms with van der Waals surface area (Å²) in [5.74, 6) is -0.525. The number of nitrogens with two attached hydrogens (primary N) is 1. The molecule has 1 aliphatic rings. The number of hydrogen-bond acceptors (Lipinski definition) is 5. The normalized spacial score (nSPS) is 13.8. The maximum absolute atomic E-state index is 10.8. The number of nitrogens with one attached hydrogen (secondary N) is 2. The first kappa shape index (κ1) is 7.84. The van der Waals surface area contributed by atoms with Gasteiger partial charge in [0.15, 0.2) is 0 Å². The fourth-order valence-corrected chi connectivity index (χ4v) is 1.14. The molecule has 0 saturated heterocycles. The Hall–Kier alpha value is -1.79. The molecule has 0 fully saturated rings. The lowest BCUT2D eigenvalue weighted by Crippen LogP contribution is -2.32. The minimum absolute atomic E-state index is 0.350. The van der Waals surface area contributed by atoms with Crippen LogP contribution >= 0.6 is 0 Å². The number of primary amides is 1. The summed E-state index contributed by atoms with van der Waals surface area (Å²) < 4.78 is 0. The second kappa shape index (κ2) is 2.61. The van der Waals surface area contributed by atoms with E-state index in [9.17, 15) is 10.0 Å². The zero-order valence-corrected chi connectivity index (χ0v) is 6.61. The molecule has 1 aromatic carbocycles. The lowest BCUT2D eigenvalue weighted by Gasteiger charge is -2.07. The molecule has 2 rings (SSSR count). The van der Waals surface area contributed by atoms with E-state index in [-0.39, 0.29) is 0 Å². The number of nitrogens with zero attached hydrogens (tertiary/aromatic N) is 1. The number of fused-ring (bicyclic) bond motifs is 1. The van der Waals surface area contributed by atoms with Crippen molar-refractivity contribution in [2.45, 2.75) is 0 Å². The van der Waals surface area contributed by atoms with Crippen LogP contribution in [0.15, 0.2) is 18.2 Å². The van der Waals surface area contributed by atoms with Gasteiger partial charge in [-0.1, -0.05) is 0 Å². The summed E-state index contributed by atoms with van der Waals surface area (Å²) in [5, 5.41) is 9.97. The Labute approximate surface area is 73.8 Å². The second-order valence-electron chi connectivity index (χ2n) is 2.64. The minimum atomic E-state index is -0.525. The Morgan fingerprint density at radius 2 is 2.31 bits per heavy atom. The first-order valence-corrected chi connectivity index (χ1v) is 3.63. The highest BCUT2D eigenvalue weighted by Crippen LogP contribution is 2.28. The van der Waals surface area contributed by atoms with Crippen LogP contribution in [0.2, 0.25) is 0 Å². The number of carbonyl (C=O) groups is 1. The molecule has 5 N–H and O–H groups in total.